The van der Waals surface area contributed by atoms with E-state index in [-0.39, 0.29) is 6.42 Å². The zero-order valence-corrected chi connectivity index (χ0v) is 20.9. The molecule has 192 valence electrons. The molecule has 1 fully saturated rings. The molecule has 36 heavy (non-hydrogen) atoms. The Morgan fingerprint density at radius 2 is 2.06 bits per heavy atom. The van der Waals surface area contributed by atoms with Crippen LogP contribution in [0.25, 0.3) is 10.9 Å². The smallest absolute Gasteiger partial charge is 0.303 e. The summed E-state index contributed by atoms with van der Waals surface area (Å²) in [6, 6.07) is 9.55. The lowest BCUT2D eigenvalue weighted by molar-refractivity contribution is -0.137. The minimum atomic E-state index is -0.744. The molecule has 0 radical (unpaired) electrons. The summed E-state index contributed by atoms with van der Waals surface area (Å²) < 4.78 is 5.37. The van der Waals surface area contributed by atoms with E-state index >= 15 is 0 Å². The highest BCUT2D eigenvalue weighted by Gasteiger charge is 2.30. The van der Waals surface area contributed by atoms with E-state index < -0.39 is 12.1 Å². The van der Waals surface area contributed by atoms with Crippen LogP contribution in [0.4, 0.5) is 0 Å². The molecule has 0 aliphatic carbocycles. The molecule has 1 unspecified atom stereocenters. The van der Waals surface area contributed by atoms with Gasteiger partial charge in [0, 0.05) is 36.4 Å². The fourth-order valence-electron chi connectivity index (χ4n) is 5.42. The molecule has 3 aromatic rings. The predicted octanol–water partition coefficient (Wildman–Crippen LogP) is 4.28. The number of aliphatic carboxylic acids is 1. The molecule has 4 rings (SSSR count). The van der Waals surface area contributed by atoms with Crippen LogP contribution in [-0.4, -0.2) is 62.8 Å². The molecule has 3 heterocycles. The molecule has 0 spiro atoms. The van der Waals surface area contributed by atoms with Gasteiger partial charge in [-0.3, -0.25) is 9.78 Å². The Labute approximate surface area is 212 Å². The van der Waals surface area contributed by atoms with Crippen molar-refractivity contribution in [3.8, 4) is 5.75 Å². The van der Waals surface area contributed by atoms with E-state index in [4.69, 9.17) is 4.74 Å². The number of methoxy groups -OCH3 is 1. The Kier molecular flexibility index (Phi) is 9.19. The van der Waals surface area contributed by atoms with Gasteiger partial charge < -0.3 is 19.8 Å². The van der Waals surface area contributed by atoms with Crippen LogP contribution in [0.3, 0.4) is 0 Å². The molecule has 8 heteroatoms. The number of aliphatic hydroxyl groups is 1. The van der Waals surface area contributed by atoms with Crippen molar-refractivity contribution in [1.29, 1.82) is 0 Å². The molecule has 0 bridgehead atoms. The Morgan fingerprint density at radius 1 is 1.17 bits per heavy atom. The van der Waals surface area contributed by atoms with Crippen LogP contribution in [-0.2, 0) is 11.2 Å². The molecular weight excluding hydrogens is 456 g/mol. The second-order valence-electron chi connectivity index (χ2n) is 9.72. The number of aromatic nitrogens is 3. The van der Waals surface area contributed by atoms with Crippen LogP contribution in [0, 0.1) is 11.8 Å². The van der Waals surface area contributed by atoms with Crippen LogP contribution in [0.5, 0.6) is 5.75 Å². The summed E-state index contributed by atoms with van der Waals surface area (Å²) in [6.45, 7) is 2.89. The van der Waals surface area contributed by atoms with Gasteiger partial charge in [0.25, 0.3) is 0 Å². The van der Waals surface area contributed by atoms with Gasteiger partial charge in [0.05, 0.1) is 18.7 Å². The van der Waals surface area contributed by atoms with Crippen LogP contribution >= 0.6 is 0 Å². The number of nitrogens with zero attached hydrogens (tertiary/aromatic N) is 4. The summed E-state index contributed by atoms with van der Waals surface area (Å²) in [7, 11) is 1.63. The first kappa shape index (κ1) is 26.0. The topological polar surface area (TPSA) is 109 Å². The van der Waals surface area contributed by atoms with Gasteiger partial charge in [0.1, 0.15) is 12.1 Å². The summed E-state index contributed by atoms with van der Waals surface area (Å²) in [5.41, 5.74) is 2.75. The number of carboxylic acid groups (broad SMARTS) is 1. The van der Waals surface area contributed by atoms with Crippen molar-refractivity contribution in [3.05, 3.63) is 60.3 Å². The largest absolute Gasteiger partial charge is 0.497 e. The minimum absolute atomic E-state index is 0.188. The molecule has 1 aromatic carbocycles. The van der Waals surface area contributed by atoms with Gasteiger partial charge in [-0.25, -0.2) is 9.97 Å². The molecule has 1 aliphatic rings. The first-order chi connectivity index (χ1) is 17.5. The number of carboxylic acids is 1. The molecule has 2 aromatic heterocycles. The third-order valence-corrected chi connectivity index (χ3v) is 7.41. The fourth-order valence-corrected chi connectivity index (χ4v) is 5.42. The predicted molar refractivity (Wildman–Crippen MR) is 138 cm³/mol. The number of aryl methyl sites for hydroxylation is 1. The van der Waals surface area contributed by atoms with Gasteiger partial charge in [-0.2, -0.15) is 0 Å². The number of benzene rings is 1. The van der Waals surface area contributed by atoms with Gasteiger partial charge in [0.2, 0.25) is 0 Å². The molecule has 1 saturated heterocycles. The minimum Gasteiger partial charge on any atom is -0.497 e. The zero-order chi connectivity index (χ0) is 25.3. The highest BCUT2D eigenvalue weighted by atomic mass is 16.5. The lowest BCUT2D eigenvalue weighted by Gasteiger charge is -2.39. The number of ether oxygens (including phenoxy) is 1. The first-order valence-electron chi connectivity index (χ1n) is 12.8. The molecule has 0 amide bonds. The van der Waals surface area contributed by atoms with Crippen molar-refractivity contribution in [2.45, 2.75) is 51.0 Å². The second kappa shape index (κ2) is 12.7. The van der Waals surface area contributed by atoms with E-state index in [2.05, 4.69) is 19.9 Å². The van der Waals surface area contributed by atoms with Crippen molar-refractivity contribution in [2.24, 2.45) is 11.8 Å². The maximum atomic E-state index is 11.3. The van der Waals surface area contributed by atoms with E-state index in [0.717, 1.165) is 73.2 Å². The highest BCUT2D eigenvalue weighted by molar-refractivity contribution is 5.83. The number of hydrogen-bond acceptors (Lipinski definition) is 7. The van der Waals surface area contributed by atoms with Gasteiger partial charge >= 0.3 is 5.97 Å². The third kappa shape index (κ3) is 6.98. The van der Waals surface area contributed by atoms with Crippen LogP contribution in [0.1, 0.15) is 55.9 Å². The summed E-state index contributed by atoms with van der Waals surface area (Å²) in [6.07, 6.45) is 9.82. The van der Waals surface area contributed by atoms with Crippen LogP contribution in [0.15, 0.2) is 49.1 Å². The average molecular weight is 493 g/mol. The molecule has 3 atom stereocenters. The number of piperidine rings is 1. The number of carbonyl (C=O) groups is 1. The number of likely N-dealkylation sites (tertiary alicyclic amines) is 1. The molecule has 8 nitrogen and oxygen atoms in total. The summed E-state index contributed by atoms with van der Waals surface area (Å²) in [5, 5.41) is 21.3. The maximum absolute atomic E-state index is 11.3. The Morgan fingerprint density at radius 3 is 2.83 bits per heavy atom. The van der Waals surface area contributed by atoms with Crippen molar-refractivity contribution >= 4 is 16.9 Å². The number of rotatable bonds is 12. The van der Waals surface area contributed by atoms with Gasteiger partial charge in [-0.05, 0) is 99.3 Å². The number of pyridine rings is 1. The number of aliphatic hydroxyl groups excluding tert-OH is 1. The van der Waals surface area contributed by atoms with Crippen LogP contribution in [0.2, 0.25) is 0 Å². The van der Waals surface area contributed by atoms with Crippen molar-refractivity contribution in [2.75, 3.05) is 26.7 Å². The van der Waals surface area contributed by atoms with E-state index in [1.54, 1.807) is 25.8 Å². The van der Waals surface area contributed by atoms with Gasteiger partial charge in [0.15, 0.2) is 0 Å². The SMILES string of the molecule is COc1ccc2nccc(C(O)CC[C@@H]3CCN(CCCc4ccncn4)C[C@@H]3CCC(=O)O)c2c1. The van der Waals surface area contributed by atoms with Crippen molar-refractivity contribution < 1.29 is 19.7 Å². The maximum Gasteiger partial charge on any atom is 0.303 e. The van der Waals surface area contributed by atoms with Crippen molar-refractivity contribution in [3.63, 3.8) is 0 Å². The standard InChI is InChI=1S/C28H36N4O4/c1-36-23-6-7-26-25(17-23)24(11-14-30-26)27(33)8-4-20-12-16-32(18-21(20)5-9-28(34)35)15-2-3-22-10-13-29-19-31-22/h6-7,10-11,13-14,17,19-21,27,33H,2-5,8-9,12,15-16,18H2,1H3,(H,34,35)/t20-,21+,27?/m1/s1. The molecule has 0 saturated carbocycles. The Balaban J connectivity index is 1.35. The lowest BCUT2D eigenvalue weighted by atomic mass is 9.79. The molecule has 1 aliphatic heterocycles. The monoisotopic (exact) mass is 492 g/mol. The van der Waals surface area contributed by atoms with E-state index in [0.29, 0.717) is 24.7 Å². The average Bonchev–Trinajstić information content (AvgIpc) is 2.91. The Bertz CT molecular complexity index is 1130. The summed E-state index contributed by atoms with van der Waals surface area (Å²) in [5.74, 6) is 0.715. The van der Waals surface area contributed by atoms with E-state index in [1.807, 2.05) is 30.3 Å². The summed E-state index contributed by atoms with van der Waals surface area (Å²) in [4.78, 5) is 26.5. The van der Waals surface area contributed by atoms with E-state index in [9.17, 15) is 15.0 Å². The van der Waals surface area contributed by atoms with Gasteiger partial charge in [-0.15, -0.1) is 0 Å². The lowest BCUT2D eigenvalue weighted by Crippen LogP contribution is -2.41. The molecule has 2 N–H and O–H groups in total. The normalized spacial score (nSPS) is 19.3. The first-order valence-corrected chi connectivity index (χ1v) is 12.8. The summed E-state index contributed by atoms with van der Waals surface area (Å²) >= 11 is 0. The number of hydrogen-bond donors (Lipinski definition) is 2. The highest BCUT2D eigenvalue weighted by Crippen LogP contribution is 2.35. The van der Waals surface area contributed by atoms with Gasteiger partial charge in [-0.1, -0.05) is 0 Å². The zero-order valence-electron chi connectivity index (χ0n) is 20.9. The van der Waals surface area contributed by atoms with Crippen LogP contribution < -0.4 is 4.74 Å². The quantitative estimate of drug-likeness (QED) is 0.386. The third-order valence-electron chi connectivity index (χ3n) is 7.41. The fraction of sp³-hybridized carbons (Fsp3) is 0.500. The van der Waals surface area contributed by atoms with E-state index in [1.165, 1.54) is 0 Å². The molecular formula is C28H36N4O4. The Hall–Kier alpha value is -3.10. The number of fused-ring (bicyclic) bond motifs is 1. The van der Waals surface area contributed by atoms with Crippen molar-refractivity contribution in [1.82, 2.24) is 19.9 Å². The second-order valence-corrected chi connectivity index (χ2v) is 9.72.